The summed E-state index contributed by atoms with van der Waals surface area (Å²) in [6.45, 7) is 4.61. The molecule has 1 aliphatic heterocycles. The van der Waals surface area contributed by atoms with Crippen molar-refractivity contribution in [2.24, 2.45) is 0 Å². The van der Waals surface area contributed by atoms with E-state index in [0.717, 1.165) is 27.8 Å². The molecule has 0 spiro atoms. The minimum Gasteiger partial charge on any atom is -0.493 e. The molecule has 1 aliphatic rings. The van der Waals surface area contributed by atoms with Gasteiger partial charge in [-0.25, -0.2) is 0 Å². The van der Waals surface area contributed by atoms with Gasteiger partial charge >= 0.3 is 0 Å². The van der Waals surface area contributed by atoms with Crippen molar-refractivity contribution in [3.05, 3.63) is 64.1 Å². The van der Waals surface area contributed by atoms with Gasteiger partial charge in [0.15, 0.2) is 11.5 Å². The zero-order valence-electron chi connectivity index (χ0n) is 17.6. The third-order valence-electron chi connectivity index (χ3n) is 4.59. The van der Waals surface area contributed by atoms with Crippen LogP contribution >= 0.6 is 11.8 Å². The van der Waals surface area contributed by atoms with Crippen molar-refractivity contribution in [2.75, 3.05) is 26.8 Å². The second-order valence-corrected chi connectivity index (χ2v) is 7.79. The molecule has 1 fully saturated rings. The van der Waals surface area contributed by atoms with Gasteiger partial charge in [0, 0.05) is 18.7 Å². The molecule has 0 aliphatic carbocycles. The monoisotopic (exact) mass is 440 g/mol. The number of thioether (sulfide) groups is 1. The van der Waals surface area contributed by atoms with E-state index < -0.39 is 0 Å². The molecule has 7 nitrogen and oxygen atoms in total. The second-order valence-electron chi connectivity index (χ2n) is 6.80. The lowest BCUT2D eigenvalue weighted by Gasteiger charge is -2.13. The van der Waals surface area contributed by atoms with Crippen LogP contribution in [0.3, 0.4) is 0 Å². The van der Waals surface area contributed by atoms with Gasteiger partial charge in [-0.15, -0.1) is 0 Å². The summed E-state index contributed by atoms with van der Waals surface area (Å²) < 4.78 is 10.8. The van der Waals surface area contributed by atoms with Crippen molar-refractivity contribution in [3.63, 3.8) is 0 Å². The number of nitrogens with zero attached hydrogens (tertiary/aromatic N) is 1. The van der Waals surface area contributed by atoms with Crippen LogP contribution in [0.2, 0.25) is 0 Å². The molecule has 0 aromatic heterocycles. The van der Waals surface area contributed by atoms with Crippen molar-refractivity contribution >= 4 is 34.9 Å². The Hall–Kier alpha value is -3.26. The van der Waals surface area contributed by atoms with Gasteiger partial charge < -0.3 is 14.8 Å². The van der Waals surface area contributed by atoms with Crippen LogP contribution in [0.1, 0.15) is 28.4 Å². The molecule has 0 atom stereocenters. The Bertz CT molecular complexity index is 1020. The molecule has 3 rings (SSSR count). The van der Waals surface area contributed by atoms with Crippen LogP contribution in [-0.2, 0) is 4.79 Å². The first kappa shape index (κ1) is 22.4. The van der Waals surface area contributed by atoms with Crippen molar-refractivity contribution in [2.45, 2.75) is 13.8 Å². The summed E-state index contributed by atoms with van der Waals surface area (Å²) in [6.07, 6.45) is 1.65. The maximum atomic E-state index is 12.7. The van der Waals surface area contributed by atoms with Crippen LogP contribution in [0, 0.1) is 6.92 Å². The fourth-order valence-electron chi connectivity index (χ4n) is 2.98. The molecular formula is C23H24N2O5S. The van der Waals surface area contributed by atoms with E-state index >= 15 is 0 Å². The Morgan fingerprint density at radius 1 is 1.13 bits per heavy atom. The van der Waals surface area contributed by atoms with E-state index in [1.165, 1.54) is 0 Å². The van der Waals surface area contributed by atoms with Crippen LogP contribution < -0.4 is 14.8 Å². The van der Waals surface area contributed by atoms with E-state index in [1.54, 1.807) is 43.5 Å². The number of methoxy groups -OCH3 is 1. The fraction of sp³-hybridized carbons (Fsp3) is 0.261. The maximum Gasteiger partial charge on any atom is 0.293 e. The number of rotatable bonds is 8. The number of hydrogen-bond donors (Lipinski definition) is 1. The van der Waals surface area contributed by atoms with Gasteiger partial charge in [-0.3, -0.25) is 19.3 Å². The van der Waals surface area contributed by atoms with Gasteiger partial charge in [0.2, 0.25) is 0 Å². The lowest BCUT2D eigenvalue weighted by molar-refractivity contribution is -0.122. The molecule has 0 bridgehead atoms. The summed E-state index contributed by atoms with van der Waals surface area (Å²) in [6, 6.07) is 12.5. The van der Waals surface area contributed by atoms with Crippen LogP contribution in [0.5, 0.6) is 11.5 Å². The zero-order chi connectivity index (χ0) is 22.4. The first-order chi connectivity index (χ1) is 14.9. The molecule has 8 heteroatoms. The lowest BCUT2D eigenvalue weighted by Crippen LogP contribution is -2.37. The molecule has 1 heterocycles. The van der Waals surface area contributed by atoms with Crippen molar-refractivity contribution in [1.29, 1.82) is 0 Å². The van der Waals surface area contributed by atoms with E-state index in [0.29, 0.717) is 28.6 Å². The number of carbonyl (C=O) groups excluding carboxylic acids is 3. The average Bonchev–Trinajstić information content (AvgIpc) is 3.02. The molecule has 3 amide bonds. The number of benzene rings is 2. The van der Waals surface area contributed by atoms with E-state index in [9.17, 15) is 14.4 Å². The SMILES string of the molecule is CCOc1ccc(/C=C2\SC(=O)N(CCNC(=O)c3ccc(C)cc3)C2=O)cc1OC. The average molecular weight is 441 g/mol. The maximum absolute atomic E-state index is 12.7. The first-order valence-corrected chi connectivity index (χ1v) is 10.7. The number of nitrogens with one attached hydrogen (secondary N) is 1. The number of ether oxygens (including phenoxy) is 2. The van der Waals surface area contributed by atoms with Gasteiger partial charge in [0.25, 0.3) is 17.1 Å². The molecule has 1 N–H and O–H groups in total. The summed E-state index contributed by atoms with van der Waals surface area (Å²) in [7, 11) is 1.54. The van der Waals surface area contributed by atoms with Crippen LogP contribution in [0.25, 0.3) is 6.08 Å². The first-order valence-electron chi connectivity index (χ1n) is 9.84. The largest absolute Gasteiger partial charge is 0.493 e. The molecular weight excluding hydrogens is 416 g/mol. The Kier molecular flexibility index (Phi) is 7.36. The summed E-state index contributed by atoms with van der Waals surface area (Å²) in [5.41, 5.74) is 2.31. The van der Waals surface area contributed by atoms with Crippen LogP contribution in [0.15, 0.2) is 47.4 Å². The Balaban J connectivity index is 1.62. The molecule has 0 radical (unpaired) electrons. The second kappa shape index (κ2) is 10.2. The highest BCUT2D eigenvalue weighted by molar-refractivity contribution is 8.18. The molecule has 1 saturated heterocycles. The summed E-state index contributed by atoms with van der Waals surface area (Å²) in [5, 5.41) is 2.38. The van der Waals surface area contributed by atoms with Gasteiger partial charge in [-0.1, -0.05) is 23.8 Å². The standard InChI is InChI=1S/C23H24N2O5S/c1-4-30-18-10-7-16(13-19(18)29-3)14-20-22(27)25(23(28)31-20)12-11-24-21(26)17-8-5-15(2)6-9-17/h5-10,13-14H,4,11-12H2,1-3H3,(H,24,26)/b20-14-. The molecule has 31 heavy (non-hydrogen) atoms. The topological polar surface area (TPSA) is 84.9 Å². The van der Waals surface area contributed by atoms with E-state index in [-0.39, 0.29) is 30.1 Å². The predicted molar refractivity (Wildman–Crippen MR) is 120 cm³/mol. The minimum absolute atomic E-state index is 0.103. The number of imide groups is 1. The third-order valence-corrected chi connectivity index (χ3v) is 5.50. The quantitative estimate of drug-likeness (QED) is 0.628. The predicted octanol–water partition coefficient (Wildman–Crippen LogP) is 3.87. The highest BCUT2D eigenvalue weighted by Gasteiger charge is 2.34. The molecule has 0 unspecified atom stereocenters. The summed E-state index contributed by atoms with van der Waals surface area (Å²) in [4.78, 5) is 38.6. The highest BCUT2D eigenvalue weighted by atomic mass is 32.2. The van der Waals surface area contributed by atoms with E-state index in [2.05, 4.69) is 5.32 Å². The summed E-state index contributed by atoms with van der Waals surface area (Å²) in [5.74, 6) is 0.532. The highest BCUT2D eigenvalue weighted by Crippen LogP contribution is 2.34. The van der Waals surface area contributed by atoms with Gasteiger partial charge in [-0.2, -0.15) is 0 Å². The van der Waals surface area contributed by atoms with Crippen LogP contribution in [0.4, 0.5) is 4.79 Å². The molecule has 2 aromatic carbocycles. The molecule has 162 valence electrons. The van der Waals surface area contributed by atoms with Gasteiger partial charge in [0.05, 0.1) is 18.6 Å². The third kappa shape index (κ3) is 5.46. The number of carbonyl (C=O) groups is 3. The van der Waals surface area contributed by atoms with Crippen molar-refractivity contribution in [3.8, 4) is 11.5 Å². The Labute approximate surface area is 185 Å². The van der Waals surface area contributed by atoms with Crippen molar-refractivity contribution < 1.29 is 23.9 Å². The van der Waals surface area contributed by atoms with E-state index in [4.69, 9.17) is 9.47 Å². The summed E-state index contributed by atoms with van der Waals surface area (Å²) >= 11 is 0.875. The smallest absolute Gasteiger partial charge is 0.293 e. The Morgan fingerprint density at radius 2 is 1.87 bits per heavy atom. The van der Waals surface area contributed by atoms with E-state index in [1.807, 2.05) is 26.0 Å². The normalized spacial score (nSPS) is 14.8. The number of amides is 3. The number of aryl methyl sites for hydroxylation is 1. The Morgan fingerprint density at radius 3 is 2.55 bits per heavy atom. The minimum atomic E-state index is -0.382. The number of hydrogen-bond acceptors (Lipinski definition) is 6. The van der Waals surface area contributed by atoms with Gasteiger partial charge in [0.1, 0.15) is 0 Å². The molecule has 2 aromatic rings. The van der Waals surface area contributed by atoms with Crippen LogP contribution in [-0.4, -0.2) is 48.8 Å². The fourth-order valence-corrected chi connectivity index (χ4v) is 3.85. The lowest BCUT2D eigenvalue weighted by atomic mass is 10.1. The van der Waals surface area contributed by atoms with Gasteiger partial charge in [-0.05, 0) is 61.5 Å². The molecule has 0 saturated carbocycles. The van der Waals surface area contributed by atoms with Crippen molar-refractivity contribution in [1.82, 2.24) is 10.2 Å². The zero-order valence-corrected chi connectivity index (χ0v) is 18.5.